The molecule has 0 saturated carbocycles. The van der Waals surface area contributed by atoms with Crippen LogP contribution in [0, 0.1) is 25.5 Å². The highest BCUT2D eigenvalue weighted by Crippen LogP contribution is 2.26. The number of halogens is 3. The SMILES string of the molecule is CNC(=O)c1ncc(-n2c(C)cc(OCc3ccc(F)cc3F)c(Br)c2=O)c(C)n1. The first-order valence-electron chi connectivity index (χ1n) is 8.78. The number of nitrogens with zero attached hydrogens (tertiary/aromatic N) is 3. The second-order valence-corrected chi connectivity index (χ2v) is 7.17. The molecule has 0 aliphatic rings. The van der Waals surface area contributed by atoms with Crippen LogP contribution in [0.4, 0.5) is 8.78 Å². The van der Waals surface area contributed by atoms with Crippen LogP contribution in [0.5, 0.6) is 5.75 Å². The summed E-state index contributed by atoms with van der Waals surface area (Å²) >= 11 is 3.22. The van der Waals surface area contributed by atoms with E-state index in [1.165, 1.54) is 23.9 Å². The molecule has 2 heterocycles. The van der Waals surface area contributed by atoms with E-state index in [2.05, 4.69) is 31.2 Å². The lowest BCUT2D eigenvalue weighted by atomic mass is 10.2. The molecular formula is C20H17BrF2N4O3. The number of carbonyl (C=O) groups excluding carboxylic acids is 1. The van der Waals surface area contributed by atoms with Crippen molar-refractivity contribution in [3.63, 3.8) is 0 Å². The van der Waals surface area contributed by atoms with E-state index in [4.69, 9.17) is 4.74 Å². The summed E-state index contributed by atoms with van der Waals surface area (Å²) < 4.78 is 33.9. The minimum Gasteiger partial charge on any atom is -0.487 e. The van der Waals surface area contributed by atoms with Gasteiger partial charge < -0.3 is 10.1 Å². The Morgan fingerprint density at radius 2 is 2.00 bits per heavy atom. The molecule has 0 spiro atoms. The van der Waals surface area contributed by atoms with E-state index in [1.807, 2.05) is 0 Å². The van der Waals surface area contributed by atoms with Crippen molar-refractivity contribution in [1.29, 1.82) is 0 Å². The predicted molar refractivity (Wildman–Crippen MR) is 109 cm³/mol. The van der Waals surface area contributed by atoms with E-state index in [-0.39, 0.29) is 28.2 Å². The summed E-state index contributed by atoms with van der Waals surface area (Å²) in [6, 6.07) is 4.77. The van der Waals surface area contributed by atoms with Gasteiger partial charge in [0.1, 0.15) is 28.5 Å². The third-order valence-electron chi connectivity index (χ3n) is 4.32. The van der Waals surface area contributed by atoms with Gasteiger partial charge in [0, 0.05) is 30.4 Å². The minimum absolute atomic E-state index is 0.00945. The number of benzene rings is 1. The topological polar surface area (TPSA) is 86.1 Å². The number of amides is 1. The molecule has 10 heteroatoms. The standard InChI is InChI=1S/C20H17BrF2N4O3/c1-10-6-16(30-9-12-4-5-13(22)7-14(12)23)17(21)20(29)27(10)15-8-25-18(19(28)24-3)26-11(15)2/h4-8H,9H2,1-3H3,(H,24,28). The number of nitrogens with one attached hydrogen (secondary N) is 1. The van der Waals surface area contributed by atoms with Crippen LogP contribution in [-0.4, -0.2) is 27.5 Å². The largest absolute Gasteiger partial charge is 0.487 e. The van der Waals surface area contributed by atoms with Crippen molar-refractivity contribution in [2.75, 3.05) is 7.05 Å². The number of pyridine rings is 1. The maximum Gasteiger partial charge on any atom is 0.288 e. The third kappa shape index (κ3) is 4.23. The number of hydrogen-bond acceptors (Lipinski definition) is 5. The molecule has 30 heavy (non-hydrogen) atoms. The van der Waals surface area contributed by atoms with Gasteiger partial charge in [0.15, 0.2) is 0 Å². The molecular weight excluding hydrogens is 462 g/mol. The normalized spacial score (nSPS) is 10.7. The Kier molecular flexibility index (Phi) is 6.25. The molecule has 1 amide bonds. The number of aromatic nitrogens is 3. The second kappa shape index (κ2) is 8.70. The smallest absolute Gasteiger partial charge is 0.288 e. The molecule has 3 aromatic rings. The molecule has 0 fully saturated rings. The van der Waals surface area contributed by atoms with Gasteiger partial charge in [-0.15, -0.1) is 0 Å². The minimum atomic E-state index is -0.736. The van der Waals surface area contributed by atoms with Crippen LogP contribution in [0.25, 0.3) is 5.69 Å². The first kappa shape index (κ1) is 21.6. The summed E-state index contributed by atoms with van der Waals surface area (Å²) in [4.78, 5) is 32.8. The quantitative estimate of drug-likeness (QED) is 0.608. The van der Waals surface area contributed by atoms with Gasteiger partial charge in [0.05, 0.1) is 17.6 Å². The molecule has 0 bridgehead atoms. The van der Waals surface area contributed by atoms with Crippen molar-refractivity contribution in [2.45, 2.75) is 20.5 Å². The molecule has 1 N–H and O–H groups in total. The molecule has 0 saturated heterocycles. The zero-order valence-corrected chi connectivity index (χ0v) is 17.9. The maximum absolute atomic E-state index is 13.8. The first-order chi connectivity index (χ1) is 14.2. The van der Waals surface area contributed by atoms with Crippen LogP contribution in [-0.2, 0) is 6.61 Å². The zero-order valence-electron chi connectivity index (χ0n) is 16.3. The first-order valence-corrected chi connectivity index (χ1v) is 9.57. The van der Waals surface area contributed by atoms with E-state index in [1.54, 1.807) is 19.9 Å². The van der Waals surface area contributed by atoms with Gasteiger partial charge in [-0.25, -0.2) is 18.7 Å². The van der Waals surface area contributed by atoms with Gasteiger partial charge >= 0.3 is 0 Å². The fourth-order valence-corrected chi connectivity index (χ4v) is 3.19. The summed E-state index contributed by atoms with van der Waals surface area (Å²) in [6.45, 7) is 3.16. The second-order valence-electron chi connectivity index (χ2n) is 6.37. The Morgan fingerprint density at radius 1 is 1.27 bits per heavy atom. The lowest BCUT2D eigenvalue weighted by Gasteiger charge is -2.16. The molecule has 7 nitrogen and oxygen atoms in total. The molecule has 3 rings (SSSR count). The van der Waals surface area contributed by atoms with Crippen molar-refractivity contribution >= 4 is 21.8 Å². The summed E-state index contributed by atoms with van der Waals surface area (Å²) in [5, 5.41) is 2.44. The molecule has 1 aromatic carbocycles. The van der Waals surface area contributed by atoms with Gasteiger partial charge in [-0.1, -0.05) is 0 Å². The van der Waals surface area contributed by atoms with Gasteiger partial charge in [0.2, 0.25) is 5.82 Å². The van der Waals surface area contributed by atoms with Crippen molar-refractivity contribution in [2.24, 2.45) is 0 Å². The van der Waals surface area contributed by atoms with Gasteiger partial charge in [0.25, 0.3) is 11.5 Å². The summed E-state index contributed by atoms with van der Waals surface area (Å²) in [5.41, 5.74) is 1.06. The summed E-state index contributed by atoms with van der Waals surface area (Å²) in [6.07, 6.45) is 1.39. The van der Waals surface area contributed by atoms with E-state index in [9.17, 15) is 18.4 Å². The van der Waals surface area contributed by atoms with Crippen LogP contribution in [0.1, 0.15) is 27.6 Å². The van der Waals surface area contributed by atoms with Crippen molar-refractivity contribution in [3.05, 3.63) is 79.7 Å². The number of carbonyl (C=O) groups is 1. The monoisotopic (exact) mass is 478 g/mol. The lowest BCUT2D eigenvalue weighted by molar-refractivity contribution is 0.0952. The van der Waals surface area contributed by atoms with E-state index >= 15 is 0 Å². The number of hydrogen-bond donors (Lipinski definition) is 1. The fraction of sp³-hybridized carbons (Fsp3) is 0.200. The predicted octanol–water partition coefficient (Wildman–Crippen LogP) is 3.22. The van der Waals surface area contributed by atoms with Crippen molar-refractivity contribution in [3.8, 4) is 11.4 Å². The van der Waals surface area contributed by atoms with Crippen molar-refractivity contribution in [1.82, 2.24) is 19.9 Å². The lowest BCUT2D eigenvalue weighted by Crippen LogP contribution is -2.25. The number of aryl methyl sites for hydroxylation is 2. The summed E-state index contributed by atoms with van der Waals surface area (Å²) in [7, 11) is 1.47. The molecule has 0 unspecified atom stereocenters. The summed E-state index contributed by atoms with van der Waals surface area (Å²) in [5.74, 6) is -1.66. The molecule has 0 radical (unpaired) electrons. The third-order valence-corrected chi connectivity index (χ3v) is 5.05. The van der Waals surface area contributed by atoms with E-state index < -0.39 is 23.1 Å². The van der Waals surface area contributed by atoms with Gasteiger partial charge in [-0.05, 0) is 41.9 Å². The Labute approximate surface area is 178 Å². The van der Waals surface area contributed by atoms with E-state index in [0.717, 1.165) is 12.1 Å². The highest BCUT2D eigenvalue weighted by molar-refractivity contribution is 9.10. The number of ether oxygens (including phenoxy) is 1. The average Bonchev–Trinajstić information content (AvgIpc) is 2.71. The Morgan fingerprint density at radius 3 is 2.63 bits per heavy atom. The number of rotatable bonds is 5. The molecule has 0 atom stereocenters. The highest BCUT2D eigenvalue weighted by atomic mass is 79.9. The Hall–Kier alpha value is -3.14. The molecule has 0 aliphatic carbocycles. The van der Waals surface area contributed by atoms with E-state index in [0.29, 0.717) is 17.1 Å². The molecule has 2 aromatic heterocycles. The van der Waals surface area contributed by atoms with Crippen LogP contribution >= 0.6 is 15.9 Å². The van der Waals surface area contributed by atoms with Gasteiger partial charge in [-0.2, -0.15) is 0 Å². The Bertz CT molecular complexity index is 1200. The Balaban J connectivity index is 1.95. The van der Waals surface area contributed by atoms with Gasteiger partial charge in [-0.3, -0.25) is 14.2 Å². The maximum atomic E-state index is 13.8. The van der Waals surface area contributed by atoms with Crippen LogP contribution < -0.4 is 15.6 Å². The van der Waals surface area contributed by atoms with Crippen LogP contribution in [0.15, 0.2) is 39.7 Å². The highest BCUT2D eigenvalue weighted by Gasteiger charge is 2.18. The van der Waals surface area contributed by atoms with Crippen molar-refractivity contribution < 1.29 is 18.3 Å². The average molecular weight is 479 g/mol. The molecule has 156 valence electrons. The van der Waals surface area contributed by atoms with Crippen LogP contribution in [0.2, 0.25) is 0 Å². The molecule has 0 aliphatic heterocycles. The fourth-order valence-electron chi connectivity index (χ4n) is 2.78. The zero-order chi connectivity index (χ0) is 22.0. The van der Waals surface area contributed by atoms with Crippen LogP contribution in [0.3, 0.4) is 0 Å².